The average molecular weight is 278 g/mol. The number of nitrogens with one attached hydrogen (secondary N) is 1. The first-order valence-electron chi connectivity index (χ1n) is 4.93. The molecule has 3 nitrogen and oxygen atoms in total. The lowest BCUT2D eigenvalue weighted by atomic mass is 10.2. The van der Waals surface area contributed by atoms with E-state index in [4.69, 9.17) is 5.73 Å². The number of nitrogens with zero attached hydrogens (tertiary/aromatic N) is 1. The van der Waals surface area contributed by atoms with Crippen LogP contribution in [0, 0.1) is 0 Å². The van der Waals surface area contributed by atoms with Gasteiger partial charge >= 0.3 is 0 Å². The van der Waals surface area contributed by atoms with Gasteiger partial charge in [0.25, 0.3) is 0 Å². The third kappa shape index (κ3) is 2.73. The normalized spacial score (nSPS) is 10.1. The van der Waals surface area contributed by atoms with Crippen LogP contribution in [0.25, 0.3) is 0 Å². The molecule has 0 aliphatic carbocycles. The van der Waals surface area contributed by atoms with Crippen LogP contribution in [-0.2, 0) is 6.54 Å². The average Bonchev–Trinajstić information content (AvgIpc) is 2.28. The van der Waals surface area contributed by atoms with Crippen molar-refractivity contribution in [3.05, 3.63) is 52.8 Å². The Labute approximate surface area is 103 Å². The predicted molar refractivity (Wildman–Crippen MR) is 70.1 cm³/mol. The van der Waals surface area contributed by atoms with Gasteiger partial charge in [-0.3, -0.25) is 4.98 Å². The van der Waals surface area contributed by atoms with Gasteiger partial charge in [0, 0.05) is 17.2 Å². The summed E-state index contributed by atoms with van der Waals surface area (Å²) < 4.78 is 1.10. The van der Waals surface area contributed by atoms with Crippen molar-refractivity contribution in [1.29, 1.82) is 0 Å². The van der Waals surface area contributed by atoms with E-state index in [1.165, 1.54) is 5.56 Å². The number of pyridine rings is 1. The predicted octanol–water partition coefficient (Wildman–Crippen LogP) is 3.04. The van der Waals surface area contributed by atoms with E-state index in [-0.39, 0.29) is 0 Å². The number of nitrogens with two attached hydrogens (primary N) is 1. The van der Waals surface area contributed by atoms with Crippen LogP contribution in [0.1, 0.15) is 5.56 Å². The summed E-state index contributed by atoms with van der Waals surface area (Å²) in [6.45, 7) is 0.743. The van der Waals surface area contributed by atoms with Crippen LogP contribution >= 0.6 is 15.9 Å². The molecule has 0 aliphatic rings. The van der Waals surface area contributed by atoms with Crippen LogP contribution in [-0.4, -0.2) is 4.98 Å². The fourth-order valence-electron chi connectivity index (χ4n) is 1.39. The number of rotatable bonds is 3. The lowest BCUT2D eigenvalue weighted by Crippen LogP contribution is -2.01. The van der Waals surface area contributed by atoms with Crippen molar-refractivity contribution in [2.75, 3.05) is 11.1 Å². The van der Waals surface area contributed by atoms with Crippen molar-refractivity contribution in [3.8, 4) is 0 Å². The van der Waals surface area contributed by atoms with Crippen LogP contribution in [0.4, 0.5) is 11.4 Å². The van der Waals surface area contributed by atoms with Gasteiger partial charge in [0.05, 0.1) is 17.6 Å². The number of nitrogen functional groups attached to an aromatic ring is 1. The van der Waals surface area contributed by atoms with E-state index in [1.54, 1.807) is 12.4 Å². The number of anilines is 2. The van der Waals surface area contributed by atoms with Crippen LogP contribution < -0.4 is 11.1 Å². The van der Waals surface area contributed by atoms with E-state index < -0.39 is 0 Å². The maximum atomic E-state index is 5.65. The van der Waals surface area contributed by atoms with Gasteiger partial charge in [0.15, 0.2) is 0 Å². The van der Waals surface area contributed by atoms with Crippen molar-refractivity contribution < 1.29 is 0 Å². The van der Waals surface area contributed by atoms with Gasteiger partial charge in [-0.25, -0.2) is 0 Å². The standard InChI is InChI=1S/C12H12BrN3/c13-12-4-2-1-3-9(12)6-16-11-5-10(14)7-15-8-11/h1-5,7-8,16H,6,14H2. The van der Waals surface area contributed by atoms with Crippen molar-refractivity contribution in [2.24, 2.45) is 0 Å². The van der Waals surface area contributed by atoms with Crippen LogP contribution in [0.3, 0.4) is 0 Å². The monoisotopic (exact) mass is 277 g/mol. The lowest BCUT2D eigenvalue weighted by molar-refractivity contribution is 1.13. The Bertz CT molecular complexity index is 485. The maximum Gasteiger partial charge on any atom is 0.0550 e. The minimum Gasteiger partial charge on any atom is -0.397 e. The number of hydrogen-bond acceptors (Lipinski definition) is 3. The van der Waals surface area contributed by atoms with E-state index in [2.05, 4.69) is 32.3 Å². The molecule has 0 unspecified atom stereocenters. The highest BCUT2D eigenvalue weighted by molar-refractivity contribution is 9.10. The molecule has 0 saturated heterocycles. The molecule has 3 N–H and O–H groups in total. The Morgan fingerprint density at radius 2 is 2.06 bits per heavy atom. The molecule has 16 heavy (non-hydrogen) atoms. The highest BCUT2D eigenvalue weighted by atomic mass is 79.9. The molecule has 0 bridgehead atoms. The molecule has 2 rings (SSSR count). The van der Waals surface area contributed by atoms with Gasteiger partial charge in [0.1, 0.15) is 0 Å². The first kappa shape index (κ1) is 11.0. The minimum atomic E-state index is 0.664. The highest BCUT2D eigenvalue weighted by Gasteiger charge is 1.98. The summed E-state index contributed by atoms with van der Waals surface area (Å²) in [6.07, 6.45) is 3.39. The smallest absolute Gasteiger partial charge is 0.0550 e. The molecule has 0 amide bonds. The number of aromatic nitrogens is 1. The quantitative estimate of drug-likeness (QED) is 0.907. The summed E-state index contributed by atoms with van der Waals surface area (Å²) in [5.74, 6) is 0. The molecule has 0 aliphatic heterocycles. The molecule has 2 aromatic rings. The van der Waals surface area contributed by atoms with E-state index in [9.17, 15) is 0 Å². The Morgan fingerprint density at radius 3 is 2.81 bits per heavy atom. The molecule has 1 heterocycles. The van der Waals surface area contributed by atoms with Gasteiger partial charge in [-0.05, 0) is 17.7 Å². The highest BCUT2D eigenvalue weighted by Crippen LogP contribution is 2.18. The third-order valence-electron chi connectivity index (χ3n) is 2.20. The van der Waals surface area contributed by atoms with Gasteiger partial charge < -0.3 is 11.1 Å². The minimum absolute atomic E-state index is 0.664. The van der Waals surface area contributed by atoms with E-state index in [0.29, 0.717) is 5.69 Å². The van der Waals surface area contributed by atoms with Gasteiger partial charge in [0.2, 0.25) is 0 Å². The zero-order chi connectivity index (χ0) is 11.4. The molecule has 0 fully saturated rings. The van der Waals surface area contributed by atoms with Gasteiger partial charge in [-0.2, -0.15) is 0 Å². The molecule has 4 heteroatoms. The second-order valence-electron chi connectivity index (χ2n) is 3.45. The summed E-state index contributed by atoms with van der Waals surface area (Å²) in [5.41, 5.74) is 8.44. The maximum absolute atomic E-state index is 5.65. The zero-order valence-corrected chi connectivity index (χ0v) is 10.2. The molecule has 0 radical (unpaired) electrons. The third-order valence-corrected chi connectivity index (χ3v) is 2.97. The fraction of sp³-hybridized carbons (Fsp3) is 0.0833. The molecular formula is C12H12BrN3. The van der Waals surface area contributed by atoms with Crippen molar-refractivity contribution in [1.82, 2.24) is 4.98 Å². The summed E-state index contributed by atoms with van der Waals surface area (Å²) in [7, 11) is 0. The topological polar surface area (TPSA) is 50.9 Å². The largest absolute Gasteiger partial charge is 0.397 e. The van der Waals surface area contributed by atoms with Gasteiger partial charge in [-0.1, -0.05) is 34.1 Å². The second-order valence-corrected chi connectivity index (χ2v) is 4.31. The number of halogens is 1. The molecule has 0 saturated carbocycles. The first-order chi connectivity index (χ1) is 7.75. The molecule has 0 atom stereocenters. The Balaban J connectivity index is 2.05. The van der Waals surface area contributed by atoms with Crippen molar-refractivity contribution in [3.63, 3.8) is 0 Å². The molecule has 1 aromatic heterocycles. The van der Waals surface area contributed by atoms with E-state index >= 15 is 0 Å². The van der Waals surface area contributed by atoms with Crippen LogP contribution in [0.2, 0.25) is 0 Å². The van der Waals surface area contributed by atoms with Crippen LogP contribution in [0.5, 0.6) is 0 Å². The summed E-state index contributed by atoms with van der Waals surface area (Å²) in [6, 6.07) is 9.96. The summed E-state index contributed by atoms with van der Waals surface area (Å²) in [4.78, 5) is 4.02. The van der Waals surface area contributed by atoms with Gasteiger partial charge in [-0.15, -0.1) is 0 Å². The molecule has 82 valence electrons. The van der Waals surface area contributed by atoms with Crippen molar-refractivity contribution in [2.45, 2.75) is 6.54 Å². The molecule has 1 aromatic carbocycles. The Kier molecular flexibility index (Phi) is 3.41. The number of benzene rings is 1. The lowest BCUT2D eigenvalue weighted by Gasteiger charge is -2.08. The zero-order valence-electron chi connectivity index (χ0n) is 8.65. The molecule has 0 spiro atoms. The first-order valence-corrected chi connectivity index (χ1v) is 5.73. The van der Waals surface area contributed by atoms with E-state index in [0.717, 1.165) is 16.7 Å². The second kappa shape index (κ2) is 4.99. The van der Waals surface area contributed by atoms with Crippen molar-refractivity contribution >= 4 is 27.3 Å². The summed E-state index contributed by atoms with van der Waals surface area (Å²) in [5, 5.41) is 3.27. The summed E-state index contributed by atoms with van der Waals surface area (Å²) >= 11 is 3.50. The Hall–Kier alpha value is -1.55. The SMILES string of the molecule is Nc1cncc(NCc2ccccc2Br)c1. The Morgan fingerprint density at radius 1 is 1.25 bits per heavy atom. The fourth-order valence-corrected chi connectivity index (χ4v) is 1.82. The number of hydrogen-bond donors (Lipinski definition) is 2. The van der Waals surface area contributed by atoms with Crippen LogP contribution in [0.15, 0.2) is 47.2 Å². The molecular weight excluding hydrogens is 266 g/mol. The van der Waals surface area contributed by atoms with E-state index in [1.807, 2.05) is 24.3 Å².